The van der Waals surface area contributed by atoms with Gasteiger partial charge in [-0.05, 0) is 62.9 Å². The molecule has 30 heavy (non-hydrogen) atoms. The largest absolute Gasteiger partial charge is 0.354 e. The van der Waals surface area contributed by atoms with Crippen molar-refractivity contribution in [3.8, 4) is 5.82 Å². The van der Waals surface area contributed by atoms with Crippen molar-refractivity contribution in [3.05, 3.63) is 59.4 Å². The molecule has 3 heterocycles. The number of aromatic nitrogens is 4. The third kappa shape index (κ3) is 4.20. The van der Waals surface area contributed by atoms with Gasteiger partial charge in [0.2, 0.25) is 5.91 Å². The highest BCUT2D eigenvalue weighted by atomic mass is 16.1. The quantitative estimate of drug-likeness (QED) is 0.702. The Morgan fingerprint density at radius 1 is 1.13 bits per heavy atom. The number of carbonyl (C=O) groups excluding carboxylic acids is 1. The molecule has 1 N–H and O–H groups in total. The topological polar surface area (TPSA) is 75.9 Å². The number of anilines is 2. The van der Waals surface area contributed by atoms with Crippen molar-refractivity contribution < 1.29 is 4.79 Å². The monoisotopic (exact) mass is 404 g/mol. The van der Waals surface area contributed by atoms with E-state index in [1.807, 2.05) is 50.2 Å². The van der Waals surface area contributed by atoms with E-state index in [9.17, 15) is 4.79 Å². The molecular weight excluding hydrogens is 376 g/mol. The first-order chi connectivity index (χ1) is 14.5. The molecule has 4 rings (SSSR count). The van der Waals surface area contributed by atoms with Crippen LogP contribution in [0, 0.1) is 19.8 Å². The zero-order valence-corrected chi connectivity index (χ0v) is 17.8. The van der Waals surface area contributed by atoms with E-state index in [1.165, 1.54) is 0 Å². The molecule has 2 aromatic heterocycles. The number of hydrogen-bond donors (Lipinski definition) is 1. The van der Waals surface area contributed by atoms with Gasteiger partial charge in [-0.3, -0.25) is 4.79 Å². The number of amides is 1. The molecule has 3 aromatic rings. The second-order valence-corrected chi connectivity index (χ2v) is 7.87. The molecule has 1 aliphatic rings. The van der Waals surface area contributed by atoms with Crippen LogP contribution in [-0.2, 0) is 11.2 Å². The van der Waals surface area contributed by atoms with Crippen molar-refractivity contribution >= 4 is 17.4 Å². The van der Waals surface area contributed by atoms with Crippen LogP contribution in [0.15, 0.2) is 42.5 Å². The van der Waals surface area contributed by atoms with Crippen LogP contribution in [0.25, 0.3) is 5.82 Å². The predicted molar refractivity (Wildman–Crippen MR) is 118 cm³/mol. The fourth-order valence-corrected chi connectivity index (χ4v) is 4.05. The molecule has 156 valence electrons. The lowest BCUT2D eigenvalue weighted by Crippen LogP contribution is -2.41. The van der Waals surface area contributed by atoms with Crippen LogP contribution in [0.4, 0.5) is 11.5 Å². The summed E-state index contributed by atoms with van der Waals surface area (Å²) < 4.78 is 1.80. The lowest BCUT2D eigenvalue weighted by Gasteiger charge is -2.32. The number of nitrogens with zero attached hydrogens (tertiary/aromatic N) is 5. The average molecular weight is 405 g/mol. The summed E-state index contributed by atoms with van der Waals surface area (Å²) in [6.45, 7) is 7.59. The molecule has 1 amide bonds. The highest BCUT2D eigenvalue weighted by Gasteiger charge is 2.27. The van der Waals surface area contributed by atoms with Gasteiger partial charge >= 0.3 is 0 Å². The summed E-state index contributed by atoms with van der Waals surface area (Å²) in [5, 5.41) is 16.4. The summed E-state index contributed by atoms with van der Waals surface area (Å²) in [5.41, 5.74) is 4.05. The number of nitrogens with one attached hydrogen (secondary N) is 1. The van der Waals surface area contributed by atoms with E-state index in [1.54, 1.807) is 4.68 Å². The van der Waals surface area contributed by atoms with Crippen LogP contribution < -0.4 is 10.2 Å². The van der Waals surface area contributed by atoms with Crippen LogP contribution >= 0.6 is 0 Å². The Labute approximate surface area is 177 Å². The van der Waals surface area contributed by atoms with E-state index in [0.717, 1.165) is 54.3 Å². The van der Waals surface area contributed by atoms with Gasteiger partial charge in [0.25, 0.3) is 0 Å². The second kappa shape index (κ2) is 8.65. The van der Waals surface area contributed by atoms with Gasteiger partial charge in [0.15, 0.2) is 11.6 Å². The van der Waals surface area contributed by atoms with Crippen LogP contribution in [0.2, 0.25) is 0 Å². The molecule has 1 aliphatic heterocycles. The standard InChI is InChI=1S/C23H28N6O/c1-4-18-8-5-6-10-20(18)24-23(30)19-9-7-13-28(15-19)21-11-12-22(26-25-21)29-17(3)14-16(2)27-29/h5-6,8,10-12,14,19H,4,7,9,13,15H2,1-3H3,(H,24,30). The summed E-state index contributed by atoms with van der Waals surface area (Å²) in [7, 11) is 0. The van der Waals surface area contributed by atoms with Crippen LogP contribution in [0.5, 0.6) is 0 Å². The molecule has 7 heteroatoms. The number of para-hydroxylation sites is 1. The predicted octanol–water partition coefficient (Wildman–Crippen LogP) is 3.70. The molecular formula is C23H28N6O. The first-order valence-corrected chi connectivity index (χ1v) is 10.6. The maximum atomic E-state index is 12.9. The first kappa shape index (κ1) is 20.1. The average Bonchev–Trinajstić information content (AvgIpc) is 3.12. The third-order valence-electron chi connectivity index (χ3n) is 5.64. The first-order valence-electron chi connectivity index (χ1n) is 10.6. The third-order valence-corrected chi connectivity index (χ3v) is 5.64. The summed E-state index contributed by atoms with van der Waals surface area (Å²) >= 11 is 0. The van der Waals surface area contributed by atoms with Gasteiger partial charge in [-0.1, -0.05) is 25.1 Å². The van der Waals surface area contributed by atoms with Crippen molar-refractivity contribution in [2.45, 2.75) is 40.0 Å². The number of aryl methyl sites for hydroxylation is 3. The molecule has 1 atom stereocenters. The number of carbonyl (C=O) groups is 1. The van der Waals surface area contributed by atoms with E-state index < -0.39 is 0 Å². The zero-order valence-electron chi connectivity index (χ0n) is 17.8. The summed E-state index contributed by atoms with van der Waals surface area (Å²) in [6, 6.07) is 13.9. The minimum absolute atomic E-state index is 0.0684. The Morgan fingerprint density at radius 3 is 2.60 bits per heavy atom. The molecule has 7 nitrogen and oxygen atoms in total. The van der Waals surface area contributed by atoms with Crippen molar-refractivity contribution in [1.29, 1.82) is 0 Å². The van der Waals surface area contributed by atoms with E-state index in [4.69, 9.17) is 0 Å². The minimum Gasteiger partial charge on any atom is -0.354 e. The molecule has 0 radical (unpaired) electrons. The minimum atomic E-state index is -0.0684. The van der Waals surface area contributed by atoms with Gasteiger partial charge < -0.3 is 10.2 Å². The lowest BCUT2D eigenvalue weighted by molar-refractivity contribution is -0.120. The Hall–Kier alpha value is -3.22. The Bertz CT molecular complexity index is 1030. The van der Waals surface area contributed by atoms with Crippen LogP contribution in [0.3, 0.4) is 0 Å². The normalized spacial score (nSPS) is 16.5. The fourth-order valence-electron chi connectivity index (χ4n) is 4.05. The van der Waals surface area contributed by atoms with Gasteiger partial charge in [0.1, 0.15) is 0 Å². The van der Waals surface area contributed by atoms with Crippen molar-refractivity contribution in [2.75, 3.05) is 23.3 Å². The van der Waals surface area contributed by atoms with Crippen LogP contribution in [-0.4, -0.2) is 39.0 Å². The maximum Gasteiger partial charge on any atom is 0.229 e. The van der Waals surface area contributed by atoms with Crippen molar-refractivity contribution in [2.24, 2.45) is 5.92 Å². The number of piperidine rings is 1. The zero-order chi connectivity index (χ0) is 21.1. The highest BCUT2D eigenvalue weighted by molar-refractivity contribution is 5.93. The van der Waals surface area contributed by atoms with E-state index in [-0.39, 0.29) is 11.8 Å². The van der Waals surface area contributed by atoms with Gasteiger partial charge in [0, 0.05) is 24.5 Å². The Balaban J connectivity index is 1.44. The fraction of sp³-hybridized carbons (Fsp3) is 0.391. The Morgan fingerprint density at radius 2 is 1.90 bits per heavy atom. The van der Waals surface area contributed by atoms with Gasteiger partial charge in [-0.15, -0.1) is 10.2 Å². The summed E-state index contributed by atoms with van der Waals surface area (Å²) in [5.74, 6) is 1.51. The van der Waals surface area contributed by atoms with Gasteiger partial charge in [-0.25, -0.2) is 4.68 Å². The molecule has 0 aliphatic carbocycles. The highest BCUT2D eigenvalue weighted by Crippen LogP contribution is 2.24. The van der Waals surface area contributed by atoms with E-state index in [2.05, 4.69) is 38.5 Å². The second-order valence-electron chi connectivity index (χ2n) is 7.87. The summed E-state index contributed by atoms with van der Waals surface area (Å²) in [6.07, 6.45) is 2.73. The number of rotatable bonds is 5. The molecule has 0 bridgehead atoms. The van der Waals surface area contributed by atoms with Crippen molar-refractivity contribution in [1.82, 2.24) is 20.0 Å². The van der Waals surface area contributed by atoms with Crippen molar-refractivity contribution in [3.63, 3.8) is 0 Å². The lowest BCUT2D eigenvalue weighted by atomic mass is 9.96. The van der Waals surface area contributed by atoms with Crippen LogP contribution in [0.1, 0.15) is 36.7 Å². The van der Waals surface area contributed by atoms with Gasteiger partial charge in [0.05, 0.1) is 11.6 Å². The Kier molecular flexibility index (Phi) is 5.79. The summed E-state index contributed by atoms with van der Waals surface area (Å²) in [4.78, 5) is 15.1. The SMILES string of the molecule is CCc1ccccc1NC(=O)C1CCCN(c2ccc(-n3nc(C)cc3C)nn2)C1. The smallest absolute Gasteiger partial charge is 0.229 e. The molecule has 0 saturated carbocycles. The molecule has 0 spiro atoms. The van der Waals surface area contributed by atoms with Gasteiger partial charge in [-0.2, -0.15) is 5.10 Å². The molecule has 1 aromatic carbocycles. The number of benzene rings is 1. The molecule has 1 fully saturated rings. The number of hydrogen-bond acceptors (Lipinski definition) is 5. The van der Waals surface area contributed by atoms with E-state index in [0.29, 0.717) is 12.4 Å². The van der Waals surface area contributed by atoms with E-state index >= 15 is 0 Å². The molecule has 1 unspecified atom stereocenters. The molecule has 1 saturated heterocycles. The maximum absolute atomic E-state index is 12.9.